The van der Waals surface area contributed by atoms with Crippen molar-refractivity contribution in [1.29, 1.82) is 0 Å². The first-order valence-corrected chi connectivity index (χ1v) is 6.02. The van der Waals surface area contributed by atoms with Gasteiger partial charge in [-0.1, -0.05) is 30.3 Å². The van der Waals surface area contributed by atoms with Crippen molar-refractivity contribution in [3.05, 3.63) is 65.5 Å². The van der Waals surface area contributed by atoms with Crippen molar-refractivity contribution in [3.8, 4) is 5.75 Å². The van der Waals surface area contributed by atoms with E-state index in [-0.39, 0.29) is 11.9 Å². The summed E-state index contributed by atoms with van der Waals surface area (Å²) in [4.78, 5) is 0. The van der Waals surface area contributed by atoms with Crippen LogP contribution in [0.4, 0.5) is 4.39 Å². The molecule has 2 aromatic carbocycles. The van der Waals surface area contributed by atoms with Crippen LogP contribution in [0.25, 0.3) is 0 Å². The highest BCUT2D eigenvalue weighted by atomic mass is 19.1. The maximum Gasteiger partial charge on any atom is 0.124 e. The second-order valence-electron chi connectivity index (χ2n) is 4.41. The molecule has 18 heavy (non-hydrogen) atoms. The predicted molar refractivity (Wildman–Crippen MR) is 67.9 cm³/mol. The highest BCUT2D eigenvalue weighted by Crippen LogP contribution is 2.31. The van der Waals surface area contributed by atoms with E-state index in [1.54, 1.807) is 12.1 Å². The van der Waals surface area contributed by atoms with Gasteiger partial charge in [0.2, 0.25) is 0 Å². The van der Waals surface area contributed by atoms with E-state index in [4.69, 9.17) is 4.74 Å². The number of hydrogen-bond acceptors (Lipinski definition) is 2. The summed E-state index contributed by atoms with van der Waals surface area (Å²) < 4.78 is 18.6. The Labute approximate surface area is 105 Å². The normalized spacial score (nSPS) is 17.3. The Morgan fingerprint density at radius 2 is 2.06 bits per heavy atom. The number of ether oxygens (including phenoxy) is 1. The molecule has 0 aliphatic carbocycles. The number of nitrogens with one attached hydrogen (secondary N) is 1. The van der Waals surface area contributed by atoms with Gasteiger partial charge >= 0.3 is 0 Å². The van der Waals surface area contributed by atoms with E-state index in [9.17, 15) is 4.39 Å². The highest BCUT2D eigenvalue weighted by molar-refractivity contribution is 5.39. The van der Waals surface area contributed by atoms with Gasteiger partial charge in [0.15, 0.2) is 0 Å². The van der Waals surface area contributed by atoms with E-state index in [1.165, 1.54) is 11.6 Å². The summed E-state index contributed by atoms with van der Waals surface area (Å²) >= 11 is 0. The Hall–Kier alpha value is -1.87. The molecule has 0 fully saturated rings. The largest absolute Gasteiger partial charge is 0.491 e. The van der Waals surface area contributed by atoms with Crippen molar-refractivity contribution >= 4 is 0 Å². The molecule has 1 atom stereocenters. The first-order valence-electron chi connectivity index (χ1n) is 6.02. The molecule has 1 heterocycles. The van der Waals surface area contributed by atoms with Crippen LogP contribution in [0.3, 0.4) is 0 Å². The third-order valence-corrected chi connectivity index (χ3v) is 3.14. The molecule has 1 unspecified atom stereocenters. The number of halogens is 1. The van der Waals surface area contributed by atoms with Gasteiger partial charge in [0, 0.05) is 12.1 Å². The van der Waals surface area contributed by atoms with E-state index in [0.717, 1.165) is 11.3 Å². The summed E-state index contributed by atoms with van der Waals surface area (Å²) in [5.41, 5.74) is 2.12. The lowest BCUT2D eigenvalue weighted by Crippen LogP contribution is -2.21. The zero-order valence-electron chi connectivity index (χ0n) is 9.90. The van der Waals surface area contributed by atoms with Gasteiger partial charge in [-0.3, -0.25) is 0 Å². The maximum atomic E-state index is 13.1. The van der Waals surface area contributed by atoms with Crippen LogP contribution in [0, 0.1) is 5.82 Å². The Balaban J connectivity index is 1.69. The smallest absolute Gasteiger partial charge is 0.124 e. The molecule has 2 aromatic rings. The van der Waals surface area contributed by atoms with Crippen LogP contribution in [0.15, 0.2) is 48.5 Å². The van der Waals surface area contributed by atoms with Crippen LogP contribution in [0.5, 0.6) is 5.75 Å². The summed E-state index contributed by atoms with van der Waals surface area (Å²) in [5.74, 6) is 0.742. The fraction of sp³-hybridized carbons (Fsp3) is 0.200. The molecular formula is C15H14FNO. The number of fused-ring (bicyclic) bond motifs is 1. The molecule has 92 valence electrons. The van der Waals surface area contributed by atoms with Gasteiger partial charge < -0.3 is 10.1 Å². The standard InChI is InChI=1S/C15H14FNO/c16-12-5-3-4-11(8-12)9-17-14-10-18-15-7-2-1-6-13(14)15/h1-8,14,17H,9-10H2. The van der Waals surface area contributed by atoms with Crippen LogP contribution < -0.4 is 10.1 Å². The molecule has 0 spiro atoms. The lowest BCUT2D eigenvalue weighted by Gasteiger charge is -2.11. The lowest BCUT2D eigenvalue weighted by atomic mass is 10.1. The lowest BCUT2D eigenvalue weighted by molar-refractivity contribution is 0.310. The molecule has 1 aliphatic rings. The molecule has 0 amide bonds. The Morgan fingerprint density at radius 3 is 2.94 bits per heavy atom. The summed E-state index contributed by atoms with van der Waals surface area (Å²) in [7, 11) is 0. The molecule has 1 N–H and O–H groups in total. The van der Waals surface area contributed by atoms with Crippen molar-refractivity contribution in [2.75, 3.05) is 6.61 Å². The van der Waals surface area contributed by atoms with Crippen molar-refractivity contribution in [2.24, 2.45) is 0 Å². The average molecular weight is 243 g/mol. The van der Waals surface area contributed by atoms with Crippen molar-refractivity contribution < 1.29 is 9.13 Å². The van der Waals surface area contributed by atoms with Gasteiger partial charge in [-0.2, -0.15) is 0 Å². The summed E-state index contributed by atoms with van der Waals surface area (Å²) in [6.45, 7) is 1.27. The molecule has 1 aliphatic heterocycles. The third-order valence-electron chi connectivity index (χ3n) is 3.14. The van der Waals surface area contributed by atoms with Gasteiger partial charge in [0.25, 0.3) is 0 Å². The van der Waals surface area contributed by atoms with Crippen LogP contribution >= 0.6 is 0 Å². The Morgan fingerprint density at radius 1 is 1.17 bits per heavy atom. The minimum Gasteiger partial charge on any atom is -0.491 e. The molecule has 0 bridgehead atoms. The molecule has 0 saturated carbocycles. The Bertz CT molecular complexity index is 556. The number of para-hydroxylation sites is 1. The fourth-order valence-electron chi connectivity index (χ4n) is 2.22. The fourth-order valence-corrected chi connectivity index (χ4v) is 2.22. The number of rotatable bonds is 3. The van der Waals surface area contributed by atoms with E-state index < -0.39 is 0 Å². The van der Waals surface area contributed by atoms with Gasteiger partial charge in [-0.25, -0.2) is 4.39 Å². The van der Waals surface area contributed by atoms with E-state index in [1.807, 2.05) is 24.3 Å². The second-order valence-corrected chi connectivity index (χ2v) is 4.41. The Kier molecular flexibility index (Phi) is 2.99. The molecule has 0 saturated heterocycles. The van der Waals surface area contributed by atoms with Crippen LogP contribution in [0.2, 0.25) is 0 Å². The molecule has 2 nitrogen and oxygen atoms in total. The molecule has 3 heteroatoms. The SMILES string of the molecule is Fc1cccc(CNC2COc3ccccc32)c1. The number of benzene rings is 2. The highest BCUT2D eigenvalue weighted by Gasteiger charge is 2.22. The number of hydrogen-bond donors (Lipinski definition) is 1. The van der Waals surface area contributed by atoms with E-state index >= 15 is 0 Å². The predicted octanol–water partition coefficient (Wildman–Crippen LogP) is 3.05. The van der Waals surface area contributed by atoms with Gasteiger partial charge in [-0.15, -0.1) is 0 Å². The maximum absolute atomic E-state index is 13.1. The van der Waals surface area contributed by atoms with E-state index in [2.05, 4.69) is 11.4 Å². The zero-order chi connectivity index (χ0) is 12.4. The van der Waals surface area contributed by atoms with Gasteiger partial charge in [-0.05, 0) is 23.8 Å². The van der Waals surface area contributed by atoms with Gasteiger partial charge in [0.05, 0.1) is 6.04 Å². The van der Waals surface area contributed by atoms with Crippen molar-refractivity contribution in [1.82, 2.24) is 5.32 Å². The molecule has 3 rings (SSSR count). The molecular weight excluding hydrogens is 229 g/mol. The topological polar surface area (TPSA) is 21.3 Å². The first kappa shape index (κ1) is 11.2. The van der Waals surface area contributed by atoms with Crippen molar-refractivity contribution in [2.45, 2.75) is 12.6 Å². The van der Waals surface area contributed by atoms with Crippen LogP contribution in [-0.4, -0.2) is 6.61 Å². The van der Waals surface area contributed by atoms with Crippen LogP contribution in [-0.2, 0) is 6.54 Å². The quantitative estimate of drug-likeness (QED) is 0.894. The van der Waals surface area contributed by atoms with E-state index in [0.29, 0.717) is 13.2 Å². The minimum atomic E-state index is -0.197. The minimum absolute atomic E-state index is 0.185. The molecule has 0 radical (unpaired) electrons. The van der Waals surface area contributed by atoms with Crippen molar-refractivity contribution in [3.63, 3.8) is 0 Å². The average Bonchev–Trinajstić information content (AvgIpc) is 2.80. The molecule has 0 aromatic heterocycles. The first-order chi connectivity index (χ1) is 8.83. The summed E-state index contributed by atoms with van der Waals surface area (Å²) in [6.07, 6.45) is 0. The summed E-state index contributed by atoms with van der Waals surface area (Å²) in [6, 6.07) is 14.8. The monoisotopic (exact) mass is 243 g/mol. The second kappa shape index (κ2) is 4.78. The van der Waals surface area contributed by atoms with Crippen LogP contribution in [0.1, 0.15) is 17.2 Å². The van der Waals surface area contributed by atoms with Gasteiger partial charge in [0.1, 0.15) is 18.2 Å². The third kappa shape index (κ3) is 2.22. The zero-order valence-corrected chi connectivity index (χ0v) is 9.90. The summed E-state index contributed by atoms with van der Waals surface area (Å²) in [5, 5.41) is 3.39.